The SMILES string of the molecule is O=C(CC1(C(=O)O)CCC1)NCc1ccccc1OC1CCCC1. The summed E-state index contributed by atoms with van der Waals surface area (Å²) in [5.74, 6) is -0.233. The van der Waals surface area contributed by atoms with E-state index in [9.17, 15) is 14.7 Å². The average molecular weight is 331 g/mol. The molecule has 5 nitrogen and oxygen atoms in total. The zero-order chi connectivity index (χ0) is 17.0. The summed E-state index contributed by atoms with van der Waals surface area (Å²) in [4.78, 5) is 23.5. The third-order valence-electron chi connectivity index (χ3n) is 5.31. The quantitative estimate of drug-likeness (QED) is 0.804. The number of amides is 1. The molecule has 0 aromatic heterocycles. The molecular formula is C19H25NO4. The number of carboxylic acids is 1. The maximum Gasteiger partial charge on any atom is 0.310 e. The molecule has 2 aliphatic rings. The third kappa shape index (κ3) is 3.71. The van der Waals surface area contributed by atoms with Gasteiger partial charge in [0, 0.05) is 18.5 Å². The molecule has 0 radical (unpaired) electrons. The molecule has 1 aromatic carbocycles. The van der Waals surface area contributed by atoms with Gasteiger partial charge >= 0.3 is 5.97 Å². The van der Waals surface area contributed by atoms with Crippen LogP contribution in [0.3, 0.4) is 0 Å². The summed E-state index contributed by atoms with van der Waals surface area (Å²) < 4.78 is 6.06. The van der Waals surface area contributed by atoms with Gasteiger partial charge < -0.3 is 15.2 Å². The van der Waals surface area contributed by atoms with Gasteiger partial charge in [0.25, 0.3) is 0 Å². The third-order valence-corrected chi connectivity index (χ3v) is 5.31. The van der Waals surface area contributed by atoms with Crippen LogP contribution in [0.2, 0.25) is 0 Å². The summed E-state index contributed by atoms with van der Waals surface area (Å²) in [6.45, 7) is 0.372. The van der Waals surface area contributed by atoms with Crippen molar-refractivity contribution >= 4 is 11.9 Å². The number of para-hydroxylation sites is 1. The molecule has 2 N–H and O–H groups in total. The number of ether oxygens (including phenoxy) is 1. The van der Waals surface area contributed by atoms with Gasteiger partial charge in [0.2, 0.25) is 5.91 Å². The van der Waals surface area contributed by atoms with E-state index in [4.69, 9.17) is 4.74 Å². The van der Waals surface area contributed by atoms with Gasteiger partial charge in [0.1, 0.15) is 5.75 Å². The van der Waals surface area contributed by atoms with Gasteiger partial charge in [-0.05, 0) is 44.6 Å². The van der Waals surface area contributed by atoms with Crippen LogP contribution in [0.5, 0.6) is 5.75 Å². The molecule has 5 heteroatoms. The van der Waals surface area contributed by atoms with Gasteiger partial charge in [-0.25, -0.2) is 0 Å². The number of aliphatic carboxylic acids is 1. The normalized spacial score (nSPS) is 19.5. The van der Waals surface area contributed by atoms with Crippen molar-refractivity contribution in [1.82, 2.24) is 5.32 Å². The van der Waals surface area contributed by atoms with E-state index in [1.807, 2.05) is 24.3 Å². The van der Waals surface area contributed by atoms with E-state index in [1.165, 1.54) is 12.8 Å². The van der Waals surface area contributed by atoms with Crippen molar-refractivity contribution in [2.45, 2.75) is 64.0 Å². The molecule has 3 rings (SSSR count). The Bertz CT molecular complexity index is 603. The molecule has 0 aliphatic heterocycles. The molecule has 1 aromatic rings. The smallest absolute Gasteiger partial charge is 0.310 e. The summed E-state index contributed by atoms with van der Waals surface area (Å²) in [6, 6.07) is 7.74. The second kappa shape index (κ2) is 7.24. The Hall–Kier alpha value is -2.04. The van der Waals surface area contributed by atoms with Crippen molar-refractivity contribution in [3.8, 4) is 5.75 Å². The number of carboxylic acid groups (broad SMARTS) is 1. The van der Waals surface area contributed by atoms with E-state index in [1.54, 1.807) is 0 Å². The van der Waals surface area contributed by atoms with E-state index in [0.29, 0.717) is 19.4 Å². The second-order valence-electron chi connectivity index (χ2n) is 7.02. The highest BCUT2D eigenvalue weighted by Crippen LogP contribution is 2.44. The first-order valence-electron chi connectivity index (χ1n) is 8.84. The van der Waals surface area contributed by atoms with Crippen LogP contribution in [0.15, 0.2) is 24.3 Å². The summed E-state index contributed by atoms with van der Waals surface area (Å²) >= 11 is 0. The van der Waals surface area contributed by atoms with Crippen LogP contribution in [0.1, 0.15) is 56.9 Å². The van der Waals surface area contributed by atoms with Gasteiger partial charge in [0.15, 0.2) is 0 Å². The number of hydrogen-bond donors (Lipinski definition) is 2. The molecule has 0 spiro atoms. The lowest BCUT2D eigenvalue weighted by atomic mass is 9.66. The minimum atomic E-state index is -0.853. The average Bonchev–Trinajstić information content (AvgIpc) is 3.02. The molecule has 2 saturated carbocycles. The highest BCUT2D eigenvalue weighted by Gasteiger charge is 2.45. The lowest BCUT2D eigenvalue weighted by molar-refractivity contribution is -0.157. The van der Waals surface area contributed by atoms with Crippen LogP contribution in [-0.2, 0) is 16.1 Å². The Morgan fingerprint density at radius 2 is 1.88 bits per heavy atom. The van der Waals surface area contributed by atoms with Gasteiger partial charge in [-0.15, -0.1) is 0 Å². The van der Waals surface area contributed by atoms with E-state index < -0.39 is 11.4 Å². The lowest BCUT2D eigenvalue weighted by Crippen LogP contribution is -2.42. The molecular weight excluding hydrogens is 306 g/mol. The number of carbonyl (C=O) groups excluding carboxylic acids is 1. The number of hydrogen-bond acceptors (Lipinski definition) is 3. The van der Waals surface area contributed by atoms with Crippen LogP contribution >= 0.6 is 0 Å². The Morgan fingerprint density at radius 3 is 2.50 bits per heavy atom. The summed E-state index contributed by atoms with van der Waals surface area (Å²) in [6.07, 6.45) is 7.00. The summed E-state index contributed by atoms with van der Waals surface area (Å²) in [5.41, 5.74) is 0.0972. The molecule has 1 amide bonds. The summed E-state index contributed by atoms with van der Waals surface area (Å²) in [5, 5.41) is 12.2. The molecule has 2 aliphatic carbocycles. The van der Waals surface area contributed by atoms with Crippen molar-refractivity contribution < 1.29 is 19.4 Å². The Kier molecular flexibility index (Phi) is 5.07. The fraction of sp³-hybridized carbons (Fsp3) is 0.579. The first-order valence-corrected chi connectivity index (χ1v) is 8.84. The Labute approximate surface area is 142 Å². The molecule has 24 heavy (non-hydrogen) atoms. The Balaban J connectivity index is 1.56. The number of benzene rings is 1. The van der Waals surface area contributed by atoms with E-state index in [2.05, 4.69) is 5.32 Å². The van der Waals surface area contributed by atoms with Gasteiger partial charge in [-0.1, -0.05) is 24.6 Å². The topological polar surface area (TPSA) is 75.6 Å². The maximum atomic E-state index is 12.2. The lowest BCUT2D eigenvalue weighted by Gasteiger charge is -2.36. The van der Waals surface area contributed by atoms with E-state index in [-0.39, 0.29) is 18.4 Å². The minimum Gasteiger partial charge on any atom is -0.490 e. The molecule has 130 valence electrons. The van der Waals surface area contributed by atoms with Crippen LogP contribution in [0.25, 0.3) is 0 Å². The van der Waals surface area contributed by atoms with Crippen molar-refractivity contribution in [3.05, 3.63) is 29.8 Å². The van der Waals surface area contributed by atoms with Crippen LogP contribution in [0.4, 0.5) is 0 Å². The van der Waals surface area contributed by atoms with Crippen molar-refractivity contribution in [3.63, 3.8) is 0 Å². The zero-order valence-electron chi connectivity index (χ0n) is 13.9. The largest absolute Gasteiger partial charge is 0.490 e. The van der Waals surface area contributed by atoms with Crippen molar-refractivity contribution in [2.75, 3.05) is 0 Å². The van der Waals surface area contributed by atoms with Crippen molar-refractivity contribution in [2.24, 2.45) is 5.41 Å². The standard InChI is InChI=1S/C19H25NO4/c21-17(12-19(18(22)23)10-5-11-19)20-13-14-6-1-4-9-16(14)24-15-7-2-3-8-15/h1,4,6,9,15H,2-3,5,7-8,10-13H2,(H,20,21)(H,22,23). The molecule has 2 fully saturated rings. The van der Waals surface area contributed by atoms with Gasteiger partial charge in [0.05, 0.1) is 11.5 Å². The number of nitrogens with one attached hydrogen (secondary N) is 1. The Morgan fingerprint density at radius 1 is 1.17 bits per heavy atom. The number of rotatable bonds is 7. The number of carbonyl (C=O) groups is 2. The molecule has 0 unspecified atom stereocenters. The minimum absolute atomic E-state index is 0.0635. The fourth-order valence-corrected chi connectivity index (χ4v) is 3.58. The maximum absolute atomic E-state index is 12.2. The predicted molar refractivity (Wildman–Crippen MR) is 89.7 cm³/mol. The van der Waals surface area contributed by atoms with Crippen LogP contribution < -0.4 is 10.1 Å². The molecule has 0 atom stereocenters. The van der Waals surface area contributed by atoms with Gasteiger partial charge in [-0.2, -0.15) is 0 Å². The predicted octanol–water partition coefficient (Wildman–Crippen LogP) is 3.27. The molecule has 0 saturated heterocycles. The molecule has 0 bridgehead atoms. The van der Waals surface area contributed by atoms with Gasteiger partial charge in [-0.3, -0.25) is 9.59 Å². The second-order valence-corrected chi connectivity index (χ2v) is 7.02. The summed E-state index contributed by atoms with van der Waals surface area (Å²) in [7, 11) is 0. The molecule has 0 heterocycles. The zero-order valence-corrected chi connectivity index (χ0v) is 13.9. The van der Waals surface area contributed by atoms with E-state index in [0.717, 1.165) is 30.6 Å². The van der Waals surface area contributed by atoms with Crippen LogP contribution in [0, 0.1) is 5.41 Å². The fourth-order valence-electron chi connectivity index (χ4n) is 3.58. The highest BCUT2D eigenvalue weighted by molar-refractivity contribution is 5.85. The first kappa shape index (κ1) is 16.8. The van der Waals surface area contributed by atoms with Crippen molar-refractivity contribution in [1.29, 1.82) is 0 Å². The first-order chi connectivity index (χ1) is 11.6. The highest BCUT2D eigenvalue weighted by atomic mass is 16.5. The monoisotopic (exact) mass is 331 g/mol. The van der Waals surface area contributed by atoms with E-state index >= 15 is 0 Å². The van der Waals surface area contributed by atoms with Crippen LogP contribution in [-0.4, -0.2) is 23.1 Å².